The van der Waals surface area contributed by atoms with E-state index in [-0.39, 0.29) is 12.4 Å². The van der Waals surface area contributed by atoms with E-state index in [1.54, 1.807) is 0 Å². The van der Waals surface area contributed by atoms with Crippen molar-refractivity contribution in [1.82, 2.24) is 4.90 Å². The largest absolute Gasteiger partial charge is 1.00 e. The Bertz CT molecular complexity index is 96.1. The number of nitrogens with zero attached hydrogens (tertiary/aromatic N) is 2. The Labute approximate surface area is 93.7 Å². The van der Waals surface area contributed by atoms with Gasteiger partial charge in [0.15, 0.2) is 0 Å². The Balaban J connectivity index is -0.000000126. The highest BCUT2D eigenvalue weighted by atomic mass is 35.5. The highest BCUT2D eigenvalue weighted by Gasteiger charge is 1.94. The van der Waals surface area contributed by atoms with E-state index in [0.29, 0.717) is 3.29 Å². The van der Waals surface area contributed by atoms with Gasteiger partial charge < -0.3 is 17.3 Å². The van der Waals surface area contributed by atoms with Crippen LogP contribution in [0.2, 0.25) is 0 Å². The second-order valence-electron chi connectivity index (χ2n) is 2.89. The third kappa shape index (κ3) is 74.4. The van der Waals surface area contributed by atoms with Gasteiger partial charge in [0.05, 0.1) is 39.7 Å². The molecule has 0 saturated carbocycles. The summed E-state index contributed by atoms with van der Waals surface area (Å²) in [6.45, 7) is 4.53. The molecule has 0 aliphatic heterocycles. The first-order chi connectivity index (χ1) is 4.77. The third-order valence-corrected chi connectivity index (χ3v) is 0.494. The molecule has 0 aliphatic rings. The third-order valence-electron chi connectivity index (χ3n) is 0.494. The molecule has 2 nitrogen and oxygen atoms in total. The van der Waals surface area contributed by atoms with Gasteiger partial charge in [-0.2, -0.15) is 0 Å². The van der Waals surface area contributed by atoms with Crippen LogP contribution in [-0.4, -0.2) is 42.9 Å². The van der Waals surface area contributed by atoms with Gasteiger partial charge in [-0.3, -0.25) is 0 Å². The van der Waals surface area contributed by atoms with Gasteiger partial charge in [0.1, 0.15) is 0 Å². The van der Waals surface area contributed by atoms with Crippen molar-refractivity contribution in [3.05, 3.63) is 12.7 Å². The highest BCUT2D eigenvalue weighted by molar-refractivity contribution is 7.87. The predicted molar refractivity (Wildman–Crippen MR) is 58.8 cm³/mol. The van der Waals surface area contributed by atoms with E-state index in [0.717, 1.165) is 6.54 Å². The van der Waals surface area contributed by atoms with Crippen molar-refractivity contribution in [2.45, 2.75) is 0 Å². The molecule has 0 fully saturated rings. The lowest BCUT2D eigenvalue weighted by Crippen LogP contribution is -3.00. The van der Waals surface area contributed by atoms with E-state index in [2.05, 4.69) is 37.1 Å². The average Bonchev–Trinajstić information content (AvgIpc) is 1.58. The zero-order chi connectivity index (χ0) is 9.49. The van der Waals surface area contributed by atoms with Crippen LogP contribution in [0.5, 0.6) is 0 Å². The van der Waals surface area contributed by atoms with Crippen LogP contribution < -0.4 is 12.4 Å². The fourth-order valence-corrected chi connectivity index (χ4v) is 0.258. The van der Waals surface area contributed by atoms with Crippen LogP contribution in [0, 0.1) is 0 Å². The number of hydrogen-bond acceptors (Lipinski definition) is 3. The predicted octanol–water partition coefficient (Wildman–Crippen LogP) is -1.51. The van der Waals surface area contributed by atoms with Gasteiger partial charge in [0.2, 0.25) is 0 Å². The molecule has 0 bridgehead atoms. The van der Waals surface area contributed by atoms with Gasteiger partial charge in [-0.05, 0) is 14.1 Å². The highest BCUT2D eigenvalue weighted by Crippen LogP contribution is 2.02. The first-order valence-electron chi connectivity index (χ1n) is 3.32. The van der Waals surface area contributed by atoms with E-state index in [9.17, 15) is 0 Å². The fourth-order valence-electron chi connectivity index (χ4n) is 0.258. The van der Waals surface area contributed by atoms with E-state index in [1.165, 1.54) is 0 Å². The van der Waals surface area contributed by atoms with Crippen molar-refractivity contribution in [3.63, 3.8) is 0 Å². The summed E-state index contributed by atoms with van der Waals surface area (Å²) in [4.78, 5) is 2.06. The minimum atomic E-state index is 0. The summed E-state index contributed by atoms with van der Waals surface area (Å²) >= 11 is 7.85. The molecule has 0 radical (unpaired) electrons. The van der Waals surface area contributed by atoms with Crippen LogP contribution in [0.3, 0.4) is 0 Å². The molecule has 0 rings (SSSR count). The molecule has 0 aromatic rings. The number of hydrogen-bond donors (Lipinski definition) is 2. The monoisotopic (exact) mass is 230 g/mol. The molecular weight excluding hydrogens is 212 g/mol. The van der Waals surface area contributed by atoms with Crippen molar-refractivity contribution in [1.29, 1.82) is 0 Å². The second-order valence-corrected chi connectivity index (χ2v) is 5.20. The van der Waals surface area contributed by atoms with Gasteiger partial charge in [-0.15, -0.1) is 6.58 Å². The molecule has 0 heterocycles. The summed E-state index contributed by atoms with van der Waals surface area (Å²) in [7, 11) is 7.74. The Morgan fingerprint density at radius 3 is 1.58 bits per heavy atom. The number of halogens is 1. The molecule has 0 aromatic carbocycles. The molecule has 0 spiro atoms. The van der Waals surface area contributed by atoms with Crippen LogP contribution in [0.4, 0.5) is 0 Å². The number of rotatable bonds is 2. The summed E-state index contributed by atoms with van der Waals surface area (Å²) < 4.78 is 0.389. The zero-order valence-electron chi connectivity index (χ0n) is 8.16. The molecule has 0 saturated heterocycles. The molecule has 12 heavy (non-hydrogen) atoms. The topological polar surface area (TPSA) is 3.24 Å². The molecule has 5 heteroatoms. The van der Waals surface area contributed by atoms with Gasteiger partial charge >= 0.3 is 0 Å². The van der Waals surface area contributed by atoms with E-state index in [4.69, 9.17) is 0 Å². The molecule has 0 aromatic heterocycles. The smallest absolute Gasteiger partial charge is 0.0892 e. The Morgan fingerprint density at radius 1 is 1.33 bits per heavy atom. The molecule has 0 amide bonds. The van der Waals surface area contributed by atoms with Crippen molar-refractivity contribution in [2.24, 2.45) is 0 Å². The Kier molecular flexibility index (Phi) is 15.0. The summed E-state index contributed by atoms with van der Waals surface area (Å²) in [5.74, 6) is 0. The van der Waals surface area contributed by atoms with Gasteiger partial charge in [-0.1, -0.05) is 6.08 Å². The standard InChI is InChI=1S/C5H11N.C2H8NS2.ClH/c1-4-5-6(2)3;1-3(2,4)5;/h4H,1,5H2,2-3H3;4-5H,1-2H3;1H/q;+1;/p-1. The van der Waals surface area contributed by atoms with Crippen LogP contribution in [0.1, 0.15) is 0 Å². The summed E-state index contributed by atoms with van der Waals surface area (Å²) in [6.07, 6.45) is 1.88. The Hall–Kier alpha value is 0.650. The lowest BCUT2D eigenvalue weighted by Gasteiger charge is -2.07. The normalized spacial score (nSPS) is 9.58. The number of thiol groups is 2. The second kappa shape index (κ2) is 9.74. The minimum absolute atomic E-state index is 0. The SMILES string of the molecule is C=CCN(C)C.C[N+](C)(S)S.[Cl-]. The maximum atomic E-state index is 3.92. The van der Waals surface area contributed by atoms with Crippen LogP contribution in [0.25, 0.3) is 0 Å². The summed E-state index contributed by atoms with van der Waals surface area (Å²) in [5.41, 5.74) is 0. The van der Waals surface area contributed by atoms with E-state index >= 15 is 0 Å². The van der Waals surface area contributed by atoms with Gasteiger partial charge in [-0.25, -0.2) is 3.29 Å². The fraction of sp³-hybridized carbons (Fsp3) is 0.714. The summed E-state index contributed by atoms with van der Waals surface area (Å²) in [5, 5.41) is 0. The molecule has 76 valence electrons. The van der Waals surface area contributed by atoms with Gasteiger partial charge in [0.25, 0.3) is 0 Å². The average molecular weight is 231 g/mol. The molecular formula is C7H19ClN2S2. The molecule has 0 N–H and O–H groups in total. The first kappa shape index (κ1) is 18.4. The number of likely N-dealkylation sites (N-methyl/N-ethyl adjacent to an activating group) is 1. The lowest BCUT2D eigenvalue weighted by atomic mass is 10.6. The quantitative estimate of drug-likeness (QED) is 0.332. The van der Waals surface area contributed by atoms with E-state index < -0.39 is 0 Å². The van der Waals surface area contributed by atoms with Crippen molar-refractivity contribution < 1.29 is 15.7 Å². The minimum Gasteiger partial charge on any atom is -1.00 e. The zero-order valence-corrected chi connectivity index (χ0v) is 10.7. The maximum absolute atomic E-state index is 3.92. The first-order valence-corrected chi connectivity index (χ1v) is 4.12. The van der Waals surface area contributed by atoms with Crippen LogP contribution in [0.15, 0.2) is 12.7 Å². The van der Waals surface area contributed by atoms with E-state index in [1.807, 2.05) is 34.3 Å². The van der Waals surface area contributed by atoms with Crippen LogP contribution in [-0.2, 0) is 0 Å². The van der Waals surface area contributed by atoms with Crippen molar-refractivity contribution in [3.8, 4) is 0 Å². The van der Waals surface area contributed by atoms with Crippen molar-refractivity contribution in [2.75, 3.05) is 34.7 Å². The summed E-state index contributed by atoms with van der Waals surface area (Å²) in [6, 6.07) is 0. The van der Waals surface area contributed by atoms with Crippen molar-refractivity contribution >= 4 is 25.6 Å². The van der Waals surface area contributed by atoms with Crippen LogP contribution >= 0.6 is 25.6 Å². The molecule has 0 atom stereocenters. The molecule has 0 aliphatic carbocycles. The van der Waals surface area contributed by atoms with Gasteiger partial charge in [0, 0.05) is 6.54 Å². The maximum Gasteiger partial charge on any atom is 0.0892 e. The lowest BCUT2D eigenvalue weighted by molar-refractivity contribution is -0.583. The Morgan fingerprint density at radius 2 is 1.58 bits per heavy atom. The molecule has 0 unspecified atom stereocenters. The number of quaternary nitrogens is 1.